The minimum absolute atomic E-state index is 0.124. The summed E-state index contributed by atoms with van der Waals surface area (Å²) in [5.74, 6) is 1.37. The number of rotatable bonds is 4. The molecule has 4 fully saturated rings. The lowest BCUT2D eigenvalue weighted by Gasteiger charge is -2.62. The summed E-state index contributed by atoms with van der Waals surface area (Å²) in [5.41, 5.74) is 1.09. The number of nitrogens with zero attached hydrogens (tertiary/aromatic N) is 3. The Balaban J connectivity index is 1.38. The van der Waals surface area contributed by atoms with Crippen molar-refractivity contribution in [2.24, 2.45) is 11.8 Å². The summed E-state index contributed by atoms with van der Waals surface area (Å²) in [6, 6.07) is 7.12. The predicted molar refractivity (Wildman–Crippen MR) is 111 cm³/mol. The van der Waals surface area contributed by atoms with E-state index in [4.69, 9.17) is 0 Å². The van der Waals surface area contributed by atoms with Crippen LogP contribution in [0.1, 0.15) is 71.0 Å². The molecule has 0 aliphatic heterocycles. The van der Waals surface area contributed by atoms with E-state index in [1.807, 2.05) is 19.1 Å². The second-order valence-corrected chi connectivity index (χ2v) is 9.59. The van der Waals surface area contributed by atoms with E-state index in [2.05, 4.69) is 25.6 Å². The topological polar surface area (TPSA) is 96.9 Å². The quantitative estimate of drug-likeness (QED) is 0.815. The van der Waals surface area contributed by atoms with Gasteiger partial charge >= 0.3 is 0 Å². The Labute approximate surface area is 176 Å². The van der Waals surface area contributed by atoms with Crippen LogP contribution in [-0.2, 0) is 0 Å². The molecule has 0 radical (unpaired) electrons. The van der Waals surface area contributed by atoms with Crippen molar-refractivity contribution in [1.82, 2.24) is 25.6 Å². The first-order valence-electron chi connectivity index (χ1n) is 10.7. The molecule has 0 spiro atoms. The maximum atomic E-state index is 13.1. The van der Waals surface area contributed by atoms with Crippen molar-refractivity contribution in [3.05, 3.63) is 53.4 Å². The molecule has 0 saturated heterocycles. The molecule has 2 N–H and O–H groups in total. The van der Waals surface area contributed by atoms with Gasteiger partial charge < -0.3 is 10.6 Å². The van der Waals surface area contributed by atoms with Crippen LogP contribution in [0.5, 0.6) is 0 Å². The average Bonchev–Trinajstić information content (AvgIpc) is 2.66. The standard InChI is InChI=1S/C23H27N5O2/c1-14-7-19(26-15(2)25-14)21(30)28-23-11-16-8-17(12-23)10-22(9-16,13-23)27-20(29)18-5-3-4-6-24-18/h3-7,16-17H,8-13H2,1-2H3,(H,27,29)(H,28,30). The molecule has 4 saturated carbocycles. The van der Waals surface area contributed by atoms with E-state index in [1.165, 1.54) is 6.42 Å². The monoisotopic (exact) mass is 405 g/mol. The summed E-state index contributed by atoms with van der Waals surface area (Å²) < 4.78 is 0. The van der Waals surface area contributed by atoms with Crippen molar-refractivity contribution in [2.75, 3.05) is 0 Å². The molecule has 0 aromatic carbocycles. The first-order valence-corrected chi connectivity index (χ1v) is 10.7. The van der Waals surface area contributed by atoms with E-state index in [0.717, 1.165) is 37.8 Å². The third kappa shape index (κ3) is 3.46. The van der Waals surface area contributed by atoms with Gasteiger partial charge in [0.25, 0.3) is 11.8 Å². The average molecular weight is 406 g/mol. The summed E-state index contributed by atoms with van der Waals surface area (Å²) in [4.78, 5) is 38.8. The number of carbonyl (C=O) groups is 2. The molecule has 156 valence electrons. The number of aryl methyl sites for hydroxylation is 2. The van der Waals surface area contributed by atoms with Crippen LogP contribution in [0.25, 0.3) is 0 Å². The van der Waals surface area contributed by atoms with Crippen LogP contribution in [-0.4, -0.2) is 37.8 Å². The minimum Gasteiger partial charge on any atom is -0.345 e. The van der Waals surface area contributed by atoms with Crippen LogP contribution in [0.4, 0.5) is 0 Å². The SMILES string of the molecule is Cc1cc(C(=O)NC23CC4CC(CC(NC(=O)c5ccccn5)(C4)C2)C3)nc(C)n1. The summed E-state index contributed by atoms with van der Waals surface area (Å²) in [7, 11) is 0. The zero-order valence-corrected chi connectivity index (χ0v) is 17.4. The fourth-order valence-corrected chi connectivity index (χ4v) is 6.50. The second kappa shape index (κ2) is 6.86. The number of amides is 2. The van der Waals surface area contributed by atoms with Crippen LogP contribution in [0.15, 0.2) is 30.5 Å². The van der Waals surface area contributed by atoms with Crippen molar-refractivity contribution in [2.45, 2.75) is 63.5 Å². The Kier molecular flexibility index (Phi) is 4.38. The van der Waals surface area contributed by atoms with Gasteiger partial charge in [0.1, 0.15) is 17.2 Å². The first-order chi connectivity index (χ1) is 14.3. The van der Waals surface area contributed by atoms with E-state index in [9.17, 15) is 9.59 Å². The van der Waals surface area contributed by atoms with Gasteiger partial charge in [-0.1, -0.05) is 6.07 Å². The first kappa shape index (κ1) is 19.2. The van der Waals surface area contributed by atoms with Crippen LogP contribution in [0, 0.1) is 25.7 Å². The zero-order chi connectivity index (χ0) is 20.9. The Morgan fingerprint density at radius 3 is 2.13 bits per heavy atom. The maximum Gasteiger partial charge on any atom is 0.270 e. The number of carbonyl (C=O) groups excluding carboxylic acids is 2. The van der Waals surface area contributed by atoms with Gasteiger partial charge in [0.15, 0.2) is 0 Å². The Morgan fingerprint density at radius 2 is 1.57 bits per heavy atom. The van der Waals surface area contributed by atoms with Crippen LogP contribution >= 0.6 is 0 Å². The number of nitrogens with one attached hydrogen (secondary N) is 2. The Bertz CT molecular complexity index is 972. The molecule has 4 aliphatic rings. The number of pyridine rings is 1. The molecule has 7 nitrogen and oxygen atoms in total. The van der Waals surface area contributed by atoms with Crippen molar-refractivity contribution in [3.63, 3.8) is 0 Å². The van der Waals surface area contributed by atoms with Gasteiger partial charge in [-0.15, -0.1) is 0 Å². The molecule has 2 unspecified atom stereocenters. The van der Waals surface area contributed by atoms with Gasteiger partial charge in [-0.25, -0.2) is 9.97 Å². The molecular weight excluding hydrogens is 378 g/mol. The highest BCUT2D eigenvalue weighted by Crippen LogP contribution is 2.57. The second-order valence-electron chi connectivity index (χ2n) is 9.59. The molecule has 2 amide bonds. The van der Waals surface area contributed by atoms with E-state index in [-0.39, 0.29) is 22.9 Å². The molecule has 2 aromatic heterocycles. The maximum absolute atomic E-state index is 13.1. The fraction of sp³-hybridized carbons (Fsp3) is 0.522. The largest absolute Gasteiger partial charge is 0.345 e. The van der Waals surface area contributed by atoms with Crippen LogP contribution < -0.4 is 10.6 Å². The molecule has 30 heavy (non-hydrogen) atoms. The molecule has 7 heteroatoms. The van der Waals surface area contributed by atoms with Crippen molar-refractivity contribution >= 4 is 11.8 Å². The summed E-state index contributed by atoms with van der Waals surface area (Å²) in [5, 5.41) is 6.66. The molecule has 6 rings (SSSR count). The van der Waals surface area contributed by atoms with Crippen LogP contribution in [0.2, 0.25) is 0 Å². The highest BCUT2D eigenvalue weighted by molar-refractivity contribution is 5.93. The van der Waals surface area contributed by atoms with Crippen LogP contribution in [0.3, 0.4) is 0 Å². The van der Waals surface area contributed by atoms with Gasteiger partial charge in [-0.3, -0.25) is 14.6 Å². The molecule has 2 atom stereocenters. The normalized spacial score (nSPS) is 31.4. The molecule has 4 bridgehead atoms. The number of hydrogen-bond donors (Lipinski definition) is 2. The Hall–Kier alpha value is -2.83. The third-order valence-electron chi connectivity index (χ3n) is 6.91. The third-order valence-corrected chi connectivity index (χ3v) is 6.91. The summed E-state index contributed by atoms with van der Waals surface area (Å²) >= 11 is 0. The fourth-order valence-electron chi connectivity index (χ4n) is 6.50. The van der Waals surface area contributed by atoms with Crippen molar-refractivity contribution in [3.8, 4) is 0 Å². The van der Waals surface area contributed by atoms with Gasteiger partial charge in [0.05, 0.1) is 0 Å². The minimum atomic E-state index is -0.286. The highest BCUT2D eigenvalue weighted by Gasteiger charge is 2.58. The van der Waals surface area contributed by atoms with E-state index in [0.29, 0.717) is 29.0 Å². The highest BCUT2D eigenvalue weighted by atomic mass is 16.2. The summed E-state index contributed by atoms with van der Waals surface area (Å²) in [6.07, 6.45) is 7.49. The van der Waals surface area contributed by atoms with Gasteiger partial charge in [-0.2, -0.15) is 0 Å². The molecule has 4 aliphatic carbocycles. The van der Waals surface area contributed by atoms with Gasteiger partial charge in [0.2, 0.25) is 0 Å². The predicted octanol–water partition coefficient (Wildman–Crippen LogP) is 2.74. The lowest BCUT2D eigenvalue weighted by atomic mass is 9.49. The number of aromatic nitrogens is 3. The lowest BCUT2D eigenvalue weighted by Crippen LogP contribution is -2.70. The smallest absolute Gasteiger partial charge is 0.270 e. The summed E-state index contributed by atoms with van der Waals surface area (Å²) in [6.45, 7) is 3.68. The van der Waals surface area contributed by atoms with E-state index >= 15 is 0 Å². The lowest BCUT2D eigenvalue weighted by molar-refractivity contribution is -0.0449. The van der Waals surface area contributed by atoms with Gasteiger partial charge in [-0.05, 0) is 82.4 Å². The molecule has 2 heterocycles. The van der Waals surface area contributed by atoms with E-state index in [1.54, 1.807) is 25.3 Å². The molecular formula is C23H27N5O2. The van der Waals surface area contributed by atoms with Gasteiger partial charge in [0, 0.05) is 23.0 Å². The zero-order valence-electron chi connectivity index (χ0n) is 17.4. The number of hydrogen-bond acceptors (Lipinski definition) is 5. The van der Waals surface area contributed by atoms with E-state index < -0.39 is 0 Å². The van der Waals surface area contributed by atoms with Crippen molar-refractivity contribution in [1.29, 1.82) is 0 Å². The Morgan fingerprint density at radius 1 is 0.933 bits per heavy atom. The molecule has 2 aromatic rings. The van der Waals surface area contributed by atoms with Crippen molar-refractivity contribution < 1.29 is 9.59 Å².